The molecule has 7 nitrogen and oxygen atoms in total. The largest absolute Gasteiger partial charge is 0.354 e. The van der Waals surface area contributed by atoms with Crippen LogP contribution in [-0.2, 0) is 11.3 Å². The zero-order valence-corrected chi connectivity index (χ0v) is 14.2. The Kier molecular flexibility index (Phi) is 5.10. The summed E-state index contributed by atoms with van der Waals surface area (Å²) in [4.78, 5) is 21.3. The average Bonchev–Trinajstić information content (AvgIpc) is 3.15. The first-order valence-corrected chi connectivity index (χ1v) is 8.29. The van der Waals surface area contributed by atoms with E-state index in [1.54, 1.807) is 17.1 Å². The van der Waals surface area contributed by atoms with Gasteiger partial charge in [0.05, 0.1) is 0 Å². The molecule has 128 valence electrons. The highest BCUT2D eigenvalue weighted by Crippen LogP contribution is 2.13. The Morgan fingerprint density at radius 1 is 1.29 bits per heavy atom. The summed E-state index contributed by atoms with van der Waals surface area (Å²) in [6.45, 7) is 6.43. The Labute approximate surface area is 142 Å². The van der Waals surface area contributed by atoms with E-state index in [-0.39, 0.29) is 11.9 Å². The maximum Gasteiger partial charge on any atom is 0.244 e. The number of anilines is 1. The van der Waals surface area contributed by atoms with Crippen LogP contribution in [0.1, 0.15) is 18.5 Å². The second-order valence-electron chi connectivity index (χ2n) is 6.19. The van der Waals surface area contributed by atoms with E-state index in [1.807, 2.05) is 31.3 Å². The van der Waals surface area contributed by atoms with E-state index in [2.05, 4.69) is 32.2 Å². The number of hydrogen-bond acceptors (Lipinski definition) is 5. The molecule has 1 aliphatic heterocycles. The third-order valence-corrected chi connectivity index (χ3v) is 4.40. The van der Waals surface area contributed by atoms with Gasteiger partial charge in [-0.1, -0.05) is 6.07 Å². The molecule has 24 heavy (non-hydrogen) atoms. The number of pyridine rings is 1. The number of carbonyl (C=O) groups is 1. The molecule has 3 heterocycles. The molecule has 1 amide bonds. The van der Waals surface area contributed by atoms with Gasteiger partial charge in [-0.05, 0) is 31.7 Å². The lowest BCUT2D eigenvalue weighted by Crippen LogP contribution is -2.44. The molecule has 2 aromatic heterocycles. The van der Waals surface area contributed by atoms with E-state index >= 15 is 0 Å². The lowest BCUT2D eigenvalue weighted by Gasteiger charge is -2.33. The third-order valence-electron chi connectivity index (χ3n) is 4.40. The summed E-state index contributed by atoms with van der Waals surface area (Å²) >= 11 is 0. The van der Waals surface area contributed by atoms with Gasteiger partial charge in [-0.25, -0.2) is 4.98 Å². The van der Waals surface area contributed by atoms with Crippen LogP contribution in [0.4, 0.5) is 5.82 Å². The van der Waals surface area contributed by atoms with Crippen molar-refractivity contribution in [2.75, 3.05) is 38.1 Å². The Bertz CT molecular complexity index is 646. The number of hydrogen-bond donors (Lipinski definition) is 1. The van der Waals surface area contributed by atoms with Gasteiger partial charge in [0.15, 0.2) is 0 Å². The fraction of sp³-hybridized carbons (Fsp3) is 0.471. The number of nitrogens with one attached hydrogen (secondary N) is 1. The molecule has 1 unspecified atom stereocenters. The molecule has 7 heteroatoms. The van der Waals surface area contributed by atoms with Crippen LogP contribution in [0.5, 0.6) is 0 Å². The molecule has 3 rings (SSSR count). The van der Waals surface area contributed by atoms with Gasteiger partial charge in [0, 0.05) is 51.3 Å². The van der Waals surface area contributed by atoms with Crippen molar-refractivity contribution < 1.29 is 4.79 Å². The second kappa shape index (κ2) is 7.44. The summed E-state index contributed by atoms with van der Waals surface area (Å²) in [5.41, 5.74) is 0.994. The van der Waals surface area contributed by atoms with Crippen molar-refractivity contribution in [3.8, 4) is 0 Å². The molecule has 1 atom stereocenters. The fourth-order valence-electron chi connectivity index (χ4n) is 2.71. The second-order valence-corrected chi connectivity index (χ2v) is 6.19. The Morgan fingerprint density at radius 3 is 2.71 bits per heavy atom. The van der Waals surface area contributed by atoms with E-state index in [1.165, 1.54) is 0 Å². The molecule has 0 radical (unpaired) electrons. The minimum atomic E-state index is -0.322. The first-order chi connectivity index (χ1) is 11.6. The topological polar surface area (TPSA) is 66.3 Å². The SMILES string of the molecule is CC(C(=O)NCc1ccc(N2CCN(C)CC2)nc1)n1cccn1. The normalized spacial score (nSPS) is 16.8. The van der Waals surface area contributed by atoms with Crippen molar-refractivity contribution in [3.63, 3.8) is 0 Å². The zero-order valence-electron chi connectivity index (χ0n) is 14.2. The van der Waals surface area contributed by atoms with Crippen LogP contribution in [0.2, 0.25) is 0 Å². The van der Waals surface area contributed by atoms with Crippen molar-refractivity contribution in [1.29, 1.82) is 0 Å². The molecular weight excluding hydrogens is 304 g/mol. The first kappa shape index (κ1) is 16.4. The van der Waals surface area contributed by atoms with Gasteiger partial charge < -0.3 is 15.1 Å². The van der Waals surface area contributed by atoms with Crippen LogP contribution in [0, 0.1) is 0 Å². The van der Waals surface area contributed by atoms with Crippen LogP contribution in [0.25, 0.3) is 0 Å². The van der Waals surface area contributed by atoms with Crippen molar-refractivity contribution in [1.82, 2.24) is 25.0 Å². The fourth-order valence-corrected chi connectivity index (χ4v) is 2.71. The molecule has 0 saturated carbocycles. The van der Waals surface area contributed by atoms with Crippen LogP contribution in [0.3, 0.4) is 0 Å². The lowest BCUT2D eigenvalue weighted by molar-refractivity contribution is -0.124. The molecule has 2 aromatic rings. The zero-order chi connectivity index (χ0) is 16.9. The average molecular weight is 328 g/mol. The van der Waals surface area contributed by atoms with E-state index < -0.39 is 0 Å². The van der Waals surface area contributed by atoms with Gasteiger partial charge in [-0.3, -0.25) is 9.48 Å². The highest BCUT2D eigenvalue weighted by atomic mass is 16.2. The Morgan fingerprint density at radius 2 is 2.08 bits per heavy atom. The number of amides is 1. The standard InChI is InChI=1S/C17H24N6O/c1-14(23-7-3-6-20-23)17(24)19-13-15-4-5-16(18-12-15)22-10-8-21(2)9-11-22/h3-7,12,14H,8-11,13H2,1-2H3,(H,19,24). The quantitative estimate of drug-likeness (QED) is 0.884. The predicted octanol–water partition coefficient (Wildman–Crippen LogP) is 0.907. The molecule has 0 spiro atoms. The smallest absolute Gasteiger partial charge is 0.244 e. The number of rotatable bonds is 5. The predicted molar refractivity (Wildman–Crippen MR) is 92.7 cm³/mol. The van der Waals surface area contributed by atoms with Crippen molar-refractivity contribution in [3.05, 3.63) is 42.4 Å². The van der Waals surface area contributed by atoms with Crippen molar-refractivity contribution >= 4 is 11.7 Å². The van der Waals surface area contributed by atoms with Gasteiger partial charge in [0.25, 0.3) is 0 Å². The van der Waals surface area contributed by atoms with Gasteiger partial charge in [-0.2, -0.15) is 5.10 Å². The molecule has 0 bridgehead atoms. The van der Waals surface area contributed by atoms with Gasteiger partial charge in [0.1, 0.15) is 11.9 Å². The van der Waals surface area contributed by atoms with Crippen LogP contribution in [-0.4, -0.2) is 58.8 Å². The summed E-state index contributed by atoms with van der Waals surface area (Å²) in [6, 6.07) is 5.55. The Balaban J connectivity index is 1.52. The summed E-state index contributed by atoms with van der Waals surface area (Å²) in [7, 11) is 2.14. The molecular formula is C17H24N6O. The molecule has 1 saturated heterocycles. The number of carbonyl (C=O) groups excluding carboxylic acids is 1. The summed E-state index contributed by atoms with van der Waals surface area (Å²) in [6.07, 6.45) is 5.30. The number of aromatic nitrogens is 3. The maximum atomic E-state index is 12.2. The van der Waals surface area contributed by atoms with Crippen molar-refractivity contribution in [2.24, 2.45) is 0 Å². The summed E-state index contributed by atoms with van der Waals surface area (Å²) < 4.78 is 1.64. The highest BCUT2D eigenvalue weighted by molar-refractivity contribution is 5.79. The monoisotopic (exact) mass is 328 g/mol. The van der Waals surface area contributed by atoms with Gasteiger partial charge in [0.2, 0.25) is 5.91 Å². The van der Waals surface area contributed by atoms with E-state index in [0.29, 0.717) is 6.54 Å². The molecule has 1 N–H and O–H groups in total. The molecule has 1 aliphatic rings. The number of piperazine rings is 1. The molecule has 1 fully saturated rings. The van der Waals surface area contributed by atoms with E-state index in [4.69, 9.17) is 0 Å². The van der Waals surface area contributed by atoms with Gasteiger partial charge in [-0.15, -0.1) is 0 Å². The highest BCUT2D eigenvalue weighted by Gasteiger charge is 2.16. The number of nitrogens with zero attached hydrogens (tertiary/aromatic N) is 5. The maximum absolute atomic E-state index is 12.2. The van der Waals surface area contributed by atoms with E-state index in [9.17, 15) is 4.79 Å². The first-order valence-electron chi connectivity index (χ1n) is 8.29. The minimum Gasteiger partial charge on any atom is -0.354 e. The number of likely N-dealkylation sites (N-methyl/N-ethyl adjacent to an activating group) is 1. The van der Waals surface area contributed by atoms with Gasteiger partial charge >= 0.3 is 0 Å². The lowest BCUT2D eigenvalue weighted by atomic mass is 10.2. The van der Waals surface area contributed by atoms with Crippen LogP contribution >= 0.6 is 0 Å². The molecule has 0 aliphatic carbocycles. The minimum absolute atomic E-state index is 0.0538. The third kappa shape index (κ3) is 3.91. The van der Waals surface area contributed by atoms with Crippen LogP contribution in [0.15, 0.2) is 36.8 Å². The van der Waals surface area contributed by atoms with E-state index in [0.717, 1.165) is 37.6 Å². The van der Waals surface area contributed by atoms with Crippen LogP contribution < -0.4 is 10.2 Å². The summed E-state index contributed by atoms with van der Waals surface area (Å²) in [5.74, 6) is 0.949. The molecule has 0 aromatic carbocycles. The summed E-state index contributed by atoms with van der Waals surface area (Å²) in [5, 5.41) is 7.03. The Hall–Kier alpha value is -2.41. The van der Waals surface area contributed by atoms with Crippen molar-refractivity contribution in [2.45, 2.75) is 19.5 Å².